The lowest BCUT2D eigenvalue weighted by atomic mass is 9.70. The average molecular weight is 273 g/mol. The Kier molecular flexibility index (Phi) is 29.3. The fraction of sp³-hybridized carbons (Fsp3) is 1.00. The van der Waals surface area contributed by atoms with E-state index in [9.17, 15) is 0 Å². The molecular weight excluding hydrogens is 228 g/mol. The zero-order valence-electron chi connectivity index (χ0n) is 15.5. The zero-order valence-corrected chi connectivity index (χ0v) is 15.5. The Morgan fingerprint density at radius 3 is 1.11 bits per heavy atom. The summed E-state index contributed by atoms with van der Waals surface area (Å²) in [6.45, 7) is 17.5. The molecule has 120 valence electrons. The van der Waals surface area contributed by atoms with E-state index < -0.39 is 0 Å². The van der Waals surface area contributed by atoms with Gasteiger partial charge in [0.1, 0.15) is 0 Å². The molecule has 1 saturated carbocycles. The van der Waals surface area contributed by atoms with Gasteiger partial charge >= 0.3 is 0 Å². The van der Waals surface area contributed by atoms with E-state index in [1.807, 2.05) is 0 Å². The van der Waals surface area contributed by atoms with Gasteiger partial charge in [-0.2, -0.15) is 0 Å². The van der Waals surface area contributed by atoms with Crippen LogP contribution in [-0.4, -0.2) is 0 Å². The normalized spacial score (nSPS) is 19.6. The van der Waals surface area contributed by atoms with E-state index in [4.69, 9.17) is 0 Å². The highest BCUT2D eigenvalue weighted by molar-refractivity contribution is 4.78. The fourth-order valence-electron chi connectivity index (χ4n) is 1.93. The highest BCUT2D eigenvalue weighted by atomic mass is 14.3. The van der Waals surface area contributed by atoms with Crippen molar-refractivity contribution in [1.82, 2.24) is 0 Å². The van der Waals surface area contributed by atoms with Gasteiger partial charge < -0.3 is 0 Å². The molecule has 0 N–H and O–H groups in total. The summed E-state index contributed by atoms with van der Waals surface area (Å²) in [4.78, 5) is 0. The van der Waals surface area contributed by atoms with Gasteiger partial charge in [0.25, 0.3) is 0 Å². The Bertz CT molecular complexity index is 111. The van der Waals surface area contributed by atoms with Gasteiger partial charge in [-0.15, -0.1) is 0 Å². The van der Waals surface area contributed by atoms with Gasteiger partial charge in [0.05, 0.1) is 0 Å². The topological polar surface area (TPSA) is 0 Å². The lowest BCUT2D eigenvalue weighted by Gasteiger charge is -2.35. The Balaban J connectivity index is -0.000000216. The largest absolute Gasteiger partial charge is 0.0656 e. The van der Waals surface area contributed by atoms with Crippen LogP contribution in [0.4, 0.5) is 0 Å². The summed E-state index contributed by atoms with van der Waals surface area (Å²) in [5, 5.41) is 0. The maximum atomic E-state index is 2.33. The van der Waals surface area contributed by atoms with Crippen molar-refractivity contribution in [3.05, 3.63) is 0 Å². The Morgan fingerprint density at radius 2 is 0.947 bits per heavy atom. The third-order valence-corrected chi connectivity index (χ3v) is 3.26. The minimum Gasteiger partial charge on any atom is -0.0656 e. The van der Waals surface area contributed by atoms with Crippen LogP contribution in [0, 0.1) is 11.8 Å². The molecule has 0 spiro atoms. The summed E-state index contributed by atoms with van der Waals surface area (Å²) in [6, 6.07) is 0. The maximum absolute atomic E-state index is 2.33. The summed E-state index contributed by atoms with van der Waals surface area (Å²) < 4.78 is 0. The van der Waals surface area contributed by atoms with Crippen LogP contribution in [0.15, 0.2) is 0 Å². The van der Waals surface area contributed by atoms with Gasteiger partial charge in [-0.3, -0.25) is 0 Å². The van der Waals surface area contributed by atoms with Crippen LogP contribution in [0.2, 0.25) is 0 Å². The molecule has 0 aromatic carbocycles. The van der Waals surface area contributed by atoms with Crippen molar-refractivity contribution >= 4 is 0 Å². The third kappa shape index (κ3) is 20.5. The highest BCUT2D eigenvalue weighted by Gasteiger charge is 2.27. The average Bonchev–Trinajstić information content (AvgIpc) is 2.37. The maximum Gasteiger partial charge on any atom is -0.0386 e. The predicted octanol–water partition coefficient (Wildman–Crippen LogP) is 7.86. The van der Waals surface area contributed by atoms with Gasteiger partial charge in [0.2, 0.25) is 0 Å². The van der Waals surface area contributed by atoms with Crippen molar-refractivity contribution in [3.8, 4) is 0 Å². The molecule has 0 aliphatic heterocycles. The zero-order chi connectivity index (χ0) is 15.5. The van der Waals surface area contributed by atoms with Gasteiger partial charge in [-0.1, -0.05) is 100 Å². The van der Waals surface area contributed by atoms with Crippen molar-refractivity contribution < 1.29 is 0 Å². The van der Waals surface area contributed by atoms with E-state index in [1.54, 1.807) is 0 Å². The lowest BCUT2D eigenvalue weighted by molar-refractivity contribution is 0.158. The van der Waals surface area contributed by atoms with E-state index in [1.165, 1.54) is 57.8 Å². The number of hydrogen-bond acceptors (Lipinski definition) is 0. The monoisotopic (exact) mass is 272 g/mol. The third-order valence-electron chi connectivity index (χ3n) is 3.26. The van der Waals surface area contributed by atoms with Crippen LogP contribution in [0.25, 0.3) is 0 Å². The van der Waals surface area contributed by atoms with Crippen molar-refractivity contribution in [2.24, 2.45) is 11.8 Å². The molecule has 19 heavy (non-hydrogen) atoms. The van der Waals surface area contributed by atoms with Gasteiger partial charge in [-0.05, 0) is 24.7 Å². The molecule has 0 aromatic heterocycles. The standard InChI is InChI=1S/C9H18.C4H10.2C3H8/c1-3-5-9-7-6-8(9)4-2;1-3-4-2;2*1-3-2/h8-9H,3-7H2,1-2H3;3-4H2,1-2H3;2*3H2,1-2H3. The smallest absolute Gasteiger partial charge is 0.0386 e. The minimum absolute atomic E-state index is 1.10. The van der Waals surface area contributed by atoms with Crippen LogP contribution in [0.3, 0.4) is 0 Å². The van der Waals surface area contributed by atoms with Crippen molar-refractivity contribution in [2.75, 3.05) is 0 Å². The Morgan fingerprint density at radius 1 is 0.579 bits per heavy atom. The number of unbranched alkanes of at least 4 members (excludes halogenated alkanes) is 1. The summed E-state index contributed by atoms with van der Waals surface area (Å²) in [7, 11) is 0. The molecule has 0 amide bonds. The Labute approximate surface area is 125 Å². The highest BCUT2D eigenvalue weighted by Crippen LogP contribution is 2.39. The van der Waals surface area contributed by atoms with E-state index in [0.29, 0.717) is 0 Å². The molecule has 1 aliphatic rings. The number of hydrogen-bond donors (Lipinski definition) is 0. The second-order valence-corrected chi connectivity index (χ2v) is 5.71. The molecule has 0 saturated heterocycles. The molecule has 0 heterocycles. The molecule has 0 heteroatoms. The summed E-state index contributed by atoms with van der Waals surface area (Å²) in [5.74, 6) is 2.21. The molecule has 1 rings (SSSR count). The second-order valence-electron chi connectivity index (χ2n) is 5.71. The SMILES string of the molecule is CCC.CCC.CCCC.CCCC1CCC1CC. The summed E-state index contributed by atoms with van der Waals surface area (Å²) >= 11 is 0. The van der Waals surface area contributed by atoms with E-state index in [-0.39, 0.29) is 0 Å². The molecule has 0 radical (unpaired) electrons. The predicted molar refractivity (Wildman–Crippen MR) is 93.9 cm³/mol. The van der Waals surface area contributed by atoms with Gasteiger partial charge in [0.15, 0.2) is 0 Å². The van der Waals surface area contributed by atoms with Crippen molar-refractivity contribution in [2.45, 2.75) is 113 Å². The molecule has 0 nitrogen and oxygen atoms in total. The van der Waals surface area contributed by atoms with Crippen molar-refractivity contribution in [1.29, 1.82) is 0 Å². The van der Waals surface area contributed by atoms with E-state index in [0.717, 1.165) is 11.8 Å². The van der Waals surface area contributed by atoms with Gasteiger partial charge in [0, 0.05) is 0 Å². The molecule has 0 bridgehead atoms. The molecule has 1 aliphatic carbocycles. The Hall–Kier alpha value is 0. The lowest BCUT2D eigenvalue weighted by Crippen LogP contribution is -2.24. The molecular formula is C19H44. The molecule has 0 aromatic rings. The van der Waals surface area contributed by atoms with E-state index in [2.05, 4.69) is 55.4 Å². The first-order chi connectivity index (χ1) is 9.12. The second kappa shape index (κ2) is 23.1. The quantitative estimate of drug-likeness (QED) is 0.488. The fourth-order valence-corrected chi connectivity index (χ4v) is 1.93. The minimum atomic E-state index is 1.10. The van der Waals surface area contributed by atoms with E-state index >= 15 is 0 Å². The van der Waals surface area contributed by atoms with Crippen molar-refractivity contribution in [3.63, 3.8) is 0 Å². The van der Waals surface area contributed by atoms with Crippen LogP contribution >= 0.6 is 0 Å². The molecule has 2 unspecified atom stereocenters. The number of rotatable bonds is 4. The first-order valence-electron chi connectivity index (χ1n) is 9.12. The summed E-state index contributed by atoms with van der Waals surface area (Å²) in [5.41, 5.74) is 0. The van der Waals surface area contributed by atoms with Crippen LogP contribution in [-0.2, 0) is 0 Å². The van der Waals surface area contributed by atoms with Crippen LogP contribution in [0.5, 0.6) is 0 Å². The molecule has 1 fully saturated rings. The first kappa shape index (κ1) is 24.0. The van der Waals surface area contributed by atoms with Crippen LogP contribution in [0.1, 0.15) is 113 Å². The van der Waals surface area contributed by atoms with Crippen LogP contribution < -0.4 is 0 Å². The molecule has 2 atom stereocenters. The van der Waals surface area contributed by atoms with Gasteiger partial charge in [-0.25, -0.2) is 0 Å². The summed E-state index contributed by atoms with van der Waals surface area (Å²) in [6.07, 6.45) is 12.5. The first-order valence-corrected chi connectivity index (χ1v) is 9.12.